The molecule has 5 heteroatoms. The summed E-state index contributed by atoms with van der Waals surface area (Å²) in [5.74, 6) is 0.750. The summed E-state index contributed by atoms with van der Waals surface area (Å²) in [6.07, 6.45) is 3.34. The Balaban J connectivity index is 1.88. The maximum atomic E-state index is 12.2. The van der Waals surface area contributed by atoms with E-state index in [2.05, 4.69) is 19.2 Å². The van der Waals surface area contributed by atoms with Crippen molar-refractivity contribution >= 4 is 15.7 Å². The first-order valence-electron chi connectivity index (χ1n) is 7.97. The fraction of sp³-hybridized carbons (Fsp3) is 0.588. The minimum Gasteiger partial charge on any atom is -0.353 e. The van der Waals surface area contributed by atoms with Crippen molar-refractivity contribution in [2.45, 2.75) is 50.5 Å². The third-order valence-corrected chi connectivity index (χ3v) is 6.49. The first-order chi connectivity index (χ1) is 10.4. The summed E-state index contributed by atoms with van der Waals surface area (Å²) < 4.78 is 24.3. The maximum Gasteiger partial charge on any atom is 0.221 e. The number of hydrogen-bond donors (Lipinski definition) is 1. The van der Waals surface area contributed by atoms with Crippen molar-refractivity contribution < 1.29 is 13.2 Å². The molecule has 0 heterocycles. The van der Waals surface area contributed by atoms with Gasteiger partial charge in [0.05, 0.1) is 10.6 Å². The lowest BCUT2D eigenvalue weighted by Gasteiger charge is -2.34. The number of sulfone groups is 1. The normalized spacial score (nSPS) is 25.6. The predicted octanol–water partition coefficient (Wildman–Crippen LogP) is 2.79. The molecule has 1 amide bonds. The van der Waals surface area contributed by atoms with Crippen LogP contribution in [0.5, 0.6) is 0 Å². The van der Waals surface area contributed by atoms with E-state index >= 15 is 0 Å². The number of carbonyl (C=O) groups is 1. The number of amides is 1. The third kappa shape index (κ3) is 4.32. The van der Waals surface area contributed by atoms with Gasteiger partial charge in [0.25, 0.3) is 0 Å². The highest BCUT2D eigenvalue weighted by molar-refractivity contribution is 7.91. The second kappa shape index (κ2) is 7.27. The van der Waals surface area contributed by atoms with Crippen molar-refractivity contribution in [2.75, 3.05) is 5.75 Å². The van der Waals surface area contributed by atoms with Gasteiger partial charge in [-0.3, -0.25) is 4.79 Å². The molecule has 2 rings (SSSR count). The third-order valence-electron chi connectivity index (χ3n) is 4.75. The largest absolute Gasteiger partial charge is 0.353 e. The van der Waals surface area contributed by atoms with Crippen LogP contribution in [0.3, 0.4) is 0 Å². The van der Waals surface area contributed by atoms with Gasteiger partial charge in [-0.1, -0.05) is 44.9 Å². The molecule has 1 N–H and O–H groups in total. The van der Waals surface area contributed by atoms with Gasteiger partial charge in [0.2, 0.25) is 5.91 Å². The summed E-state index contributed by atoms with van der Waals surface area (Å²) in [4.78, 5) is 12.3. The fourth-order valence-electron chi connectivity index (χ4n) is 3.04. The second-order valence-electron chi connectivity index (χ2n) is 6.32. The van der Waals surface area contributed by atoms with E-state index in [0.29, 0.717) is 11.8 Å². The lowest BCUT2D eigenvalue weighted by Crippen LogP contribution is -2.44. The highest BCUT2D eigenvalue weighted by atomic mass is 32.2. The van der Waals surface area contributed by atoms with Crippen LogP contribution < -0.4 is 5.32 Å². The van der Waals surface area contributed by atoms with E-state index in [-0.39, 0.29) is 29.0 Å². The standard InChI is InChI=1S/C17H25NO3S/c1-13-7-6-10-16(14(13)2)18-17(19)11-12-22(20,21)15-8-4-3-5-9-15/h3-5,8-9,13-14,16H,6-7,10-12H2,1-2H3,(H,18,19)/t13-,14+,16+/m0/s1. The van der Waals surface area contributed by atoms with Crippen molar-refractivity contribution in [3.63, 3.8) is 0 Å². The van der Waals surface area contributed by atoms with Crippen LogP contribution >= 0.6 is 0 Å². The van der Waals surface area contributed by atoms with Crippen LogP contribution in [0.4, 0.5) is 0 Å². The molecule has 1 aromatic carbocycles. The monoisotopic (exact) mass is 323 g/mol. The summed E-state index contributed by atoms with van der Waals surface area (Å²) in [6.45, 7) is 4.37. The van der Waals surface area contributed by atoms with Crippen molar-refractivity contribution in [3.8, 4) is 0 Å². The van der Waals surface area contributed by atoms with Crippen LogP contribution in [0.25, 0.3) is 0 Å². The van der Waals surface area contributed by atoms with Gasteiger partial charge in [-0.25, -0.2) is 8.42 Å². The minimum atomic E-state index is -3.38. The highest BCUT2D eigenvalue weighted by Gasteiger charge is 2.28. The number of carbonyl (C=O) groups excluding carboxylic acids is 1. The first-order valence-corrected chi connectivity index (χ1v) is 9.62. The Hall–Kier alpha value is -1.36. The molecule has 0 radical (unpaired) electrons. The molecule has 0 saturated heterocycles. The molecule has 1 fully saturated rings. The Morgan fingerprint density at radius 1 is 1.18 bits per heavy atom. The zero-order valence-corrected chi connectivity index (χ0v) is 14.1. The van der Waals surface area contributed by atoms with Gasteiger partial charge in [-0.05, 0) is 30.4 Å². The topological polar surface area (TPSA) is 63.2 Å². The Morgan fingerprint density at radius 3 is 2.55 bits per heavy atom. The number of benzene rings is 1. The van der Waals surface area contributed by atoms with Crippen LogP contribution in [0.1, 0.15) is 39.5 Å². The molecular weight excluding hydrogens is 298 g/mol. The van der Waals surface area contributed by atoms with E-state index in [9.17, 15) is 13.2 Å². The van der Waals surface area contributed by atoms with Crippen LogP contribution in [0.15, 0.2) is 35.2 Å². The molecule has 4 nitrogen and oxygen atoms in total. The average Bonchev–Trinajstić information content (AvgIpc) is 2.51. The molecule has 1 aromatic rings. The van der Waals surface area contributed by atoms with E-state index in [1.165, 1.54) is 6.42 Å². The van der Waals surface area contributed by atoms with Crippen molar-refractivity contribution in [3.05, 3.63) is 30.3 Å². The van der Waals surface area contributed by atoms with Crippen LogP contribution in [0.2, 0.25) is 0 Å². The van der Waals surface area contributed by atoms with Crippen molar-refractivity contribution in [2.24, 2.45) is 11.8 Å². The quantitative estimate of drug-likeness (QED) is 0.906. The summed E-state index contributed by atoms with van der Waals surface area (Å²) in [5, 5.41) is 3.02. The van der Waals surface area contributed by atoms with Gasteiger partial charge < -0.3 is 5.32 Å². The molecule has 1 aliphatic carbocycles. The fourth-order valence-corrected chi connectivity index (χ4v) is 4.30. The van der Waals surface area contributed by atoms with Crippen LogP contribution in [-0.4, -0.2) is 26.1 Å². The Labute approximate surface area is 133 Å². The molecule has 0 aliphatic heterocycles. The number of hydrogen-bond acceptors (Lipinski definition) is 3. The van der Waals surface area contributed by atoms with Crippen LogP contribution in [0, 0.1) is 11.8 Å². The van der Waals surface area contributed by atoms with Crippen LogP contribution in [-0.2, 0) is 14.6 Å². The minimum absolute atomic E-state index is 0.0226. The molecule has 0 unspecified atom stereocenters. The van der Waals surface area contributed by atoms with Gasteiger partial charge in [0, 0.05) is 12.5 Å². The molecule has 0 aromatic heterocycles. The molecule has 3 atom stereocenters. The Kier molecular flexibility index (Phi) is 5.62. The summed E-state index contributed by atoms with van der Waals surface area (Å²) in [7, 11) is -3.38. The molecule has 1 saturated carbocycles. The average molecular weight is 323 g/mol. The summed E-state index contributed by atoms with van der Waals surface area (Å²) in [6, 6.07) is 8.47. The molecule has 22 heavy (non-hydrogen) atoms. The van der Waals surface area contributed by atoms with E-state index in [4.69, 9.17) is 0 Å². The number of nitrogens with one attached hydrogen (secondary N) is 1. The van der Waals surface area contributed by atoms with E-state index in [0.717, 1.165) is 12.8 Å². The van der Waals surface area contributed by atoms with E-state index < -0.39 is 9.84 Å². The smallest absolute Gasteiger partial charge is 0.221 e. The SMILES string of the molecule is C[C@@H]1[C@@H](C)CCC[C@H]1NC(=O)CCS(=O)(=O)c1ccccc1. The van der Waals surface area contributed by atoms with Gasteiger partial charge >= 0.3 is 0 Å². The second-order valence-corrected chi connectivity index (χ2v) is 8.43. The molecular formula is C17H25NO3S. The lowest BCUT2D eigenvalue weighted by atomic mass is 9.78. The highest BCUT2D eigenvalue weighted by Crippen LogP contribution is 2.29. The zero-order chi connectivity index (χ0) is 16.2. The Bertz CT molecular complexity index is 598. The molecule has 0 spiro atoms. The van der Waals surface area contributed by atoms with Crippen molar-refractivity contribution in [1.82, 2.24) is 5.32 Å². The molecule has 122 valence electrons. The lowest BCUT2D eigenvalue weighted by molar-refractivity contribution is -0.122. The molecule has 0 bridgehead atoms. The van der Waals surface area contributed by atoms with Gasteiger partial charge in [-0.2, -0.15) is 0 Å². The molecule has 1 aliphatic rings. The maximum absolute atomic E-state index is 12.2. The predicted molar refractivity (Wildman–Crippen MR) is 87.2 cm³/mol. The zero-order valence-electron chi connectivity index (χ0n) is 13.3. The van der Waals surface area contributed by atoms with E-state index in [1.807, 2.05) is 0 Å². The first kappa shape index (κ1) is 17.0. The summed E-state index contributed by atoms with van der Waals surface area (Å²) >= 11 is 0. The van der Waals surface area contributed by atoms with Gasteiger partial charge in [0.15, 0.2) is 9.84 Å². The van der Waals surface area contributed by atoms with E-state index in [1.54, 1.807) is 30.3 Å². The van der Waals surface area contributed by atoms with Crippen molar-refractivity contribution in [1.29, 1.82) is 0 Å². The Morgan fingerprint density at radius 2 is 1.86 bits per heavy atom. The van der Waals surface area contributed by atoms with Gasteiger partial charge in [-0.15, -0.1) is 0 Å². The number of rotatable bonds is 5. The van der Waals surface area contributed by atoms with Gasteiger partial charge in [0.1, 0.15) is 0 Å². The summed E-state index contributed by atoms with van der Waals surface area (Å²) in [5.41, 5.74) is 0.